The number of aromatic nitrogens is 2. The summed E-state index contributed by atoms with van der Waals surface area (Å²) in [6, 6.07) is 66.6. The van der Waals surface area contributed by atoms with Gasteiger partial charge in [-0.3, -0.25) is 0 Å². The van der Waals surface area contributed by atoms with Crippen LogP contribution in [0.5, 0.6) is 0 Å². The molecule has 0 spiro atoms. The summed E-state index contributed by atoms with van der Waals surface area (Å²) in [6.07, 6.45) is 25.1. The van der Waals surface area contributed by atoms with Crippen molar-refractivity contribution in [2.45, 2.75) is 167 Å². The molecule has 2 aliphatic rings. The second-order valence-corrected chi connectivity index (χ2v) is 23.1. The summed E-state index contributed by atoms with van der Waals surface area (Å²) in [5, 5.41) is 5.29. The summed E-state index contributed by atoms with van der Waals surface area (Å²) in [6.45, 7) is 9.43. The van der Waals surface area contributed by atoms with E-state index in [-0.39, 0.29) is 10.8 Å². The molecule has 2 aliphatic carbocycles. The molecule has 0 amide bonds. The molecule has 2 aromatic heterocycles. The summed E-state index contributed by atoms with van der Waals surface area (Å²) in [4.78, 5) is 0. The number of rotatable bonds is 23. The third kappa shape index (κ3) is 8.63. The molecule has 76 heavy (non-hydrogen) atoms. The molecule has 2 nitrogen and oxygen atoms in total. The Morgan fingerprint density at radius 1 is 0.276 bits per heavy atom. The number of fused-ring (bicyclic) bond motifs is 12. The van der Waals surface area contributed by atoms with E-state index in [0.29, 0.717) is 0 Å². The molecule has 0 bridgehead atoms. The van der Waals surface area contributed by atoms with Gasteiger partial charge in [0.1, 0.15) is 0 Å². The zero-order valence-corrected chi connectivity index (χ0v) is 46.2. The van der Waals surface area contributed by atoms with E-state index < -0.39 is 0 Å². The van der Waals surface area contributed by atoms with E-state index >= 15 is 0 Å². The lowest BCUT2D eigenvalue weighted by atomic mass is 9.69. The molecule has 0 N–H and O–H groups in total. The van der Waals surface area contributed by atoms with E-state index in [1.807, 2.05) is 0 Å². The molecular weight excluding hydrogens is 917 g/mol. The fraction of sp³-hybridized carbons (Fsp3) is 0.351. The van der Waals surface area contributed by atoms with E-state index in [0.717, 1.165) is 0 Å². The van der Waals surface area contributed by atoms with Crippen molar-refractivity contribution in [1.82, 2.24) is 9.13 Å². The minimum atomic E-state index is -0.0601. The van der Waals surface area contributed by atoms with E-state index in [9.17, 15) is 0 Å². The summed E-state index contributed by atoms with van der Waals surface area (Å²) in [5.41, 5.74) is 22.3. The van der Waals surface area contributed by atoms with Crippen molar-refractivity contribution in [2.75, 3.05) is 0 Å². The normalized spacial score (nSPS) is 14.0. The standard InChI is InChI=1S/C74H80N2/c1-5-9-13-25-45-73(46-26-14-10-6-2)65-49-53(37-41-57(65)59-43-39-55(51-67(59)73)75-69-33-21-17-29-61(69)62-30-18-22-34-70(62)75)54-38-42-58-60-44-40-56(76-71-35-23-19-31-63(71)64-32-20-24-36-72(64)76)52-68(60)74(66(58)50-54,47-27-15-11-7-3)48-28-16-12-8-4/h17-24,29-44,49-52H,5-16,25-28,45-48H2,1-4H3. The van der Waals surface area contributed by atoms with Gasteiger partial charge in [-0.15, -0.1) is 0 Å². The van der Waals surface area contributed by atoms with Crippen LogP contribution in [0, 0.1) is 0 Å². The molecular formula is C74H80N2. The fourth-order valence-electron chi connectivity index (χ4n) is 14.7. The van der Waals surface area contributed by atoms with Gasteiger partial charge in [0.15, 0.2) is 0 Å². The van der Waals surface area contributed by atoms with Gasteiger partial charge < -0.3 is 9.13 Å². The van der Waals surface area contributed by atoms with Gasteiger partial charge in [-0.25, -0.2) is 0 Å². The van der Waals surface area contributed by atoms with Gasteiger partial charge in [-0.1, -0.05) is 240 Å². The third-order valence-electron chi connectivity index (χ3n) is 18.5. The Labute approximate surface area is 454 Å². The van der Waals surface area contributed by atoms with Gasteiger partial charge >= 0.3 is 0 Å². The molecule has 0 radical (unpaired) electrons. The van der Waals surface area contributed by atoms with Gasteiger partial charge in [-0.2, -0.15) is 0 Å². The average molecular weight is 997 g/mol. The second-order valence-electron chi connectivity index (χ2n) is 23.1. The molecule has 0 fully saturated rings. The molecule has 8 aromatic carbocycles. The highest BCUT2D eigenvalue weighted by Crippen LogP contribution is 2.58. The zero-order chi connectivity index (χ0) is 51.6. The van der Waals surface area contributed by atoms with Crippen LogP contribution in [0.15, 0.2) is 170 Å². The molecule has 0 atom stereocenters. The van der Waals surface area contributed by atoms with Crippen LogP contribution in [0.2, 0.25) is 0 Å². The second kappa shape index (κ2) is 21.8. The highest BCUT2D eigenvalue weighted by Gasteiger charge is 2.45. The Kier molecular flexibility index (Phi) is 14.4. The fourth-order valence-corrected chi connectivity index (χ4v) is 14.7. The van der Waals surface area contributed by atoms with Crippen LogP contribution in [0.25, 0.3) is 88.4 Å². The smallest absolute Gasteiger partial charge is 0.0541 e. The monoisotopic (exact) mass is 997 g/mol. The predicted octanol–water partition coefficient (Wildman–Crippen LogP) is 22.0. The number of nitrogens with zero attached hydrogens (tertiary/aromatic N) is 2. The van der Waals surface area contributed by atoms with Crippen molar-refractivity contribution in [3.8, 4) is 44.8 Å². The lowest BCUT2D eigenvalue weighted by molar-refractivity contribution is 0.400. The topological polar surface area (TPSA) is 9.86 Å². The van der Waals surface area contributed by atoms with Gasteiger partial charge in [0, 0.05) is 43.7 Å². The first kappa shape index (κ1) is 50.2. The van der Waals surface area contributed by atoms with E-state index in [2.05, 4.69) is 207 Å². The molecule has 0 saturated heterocycles. The highest BCUT2D eigenvalue weighted by atomic mass is 15.0. The number of para-hydroxylation sites is 4. The number of hydrogen-bond donors (Lipinski definition) is 0. The Balaban J connectivity index is 1.01. The van der Waals surface area contributed by atoms with Gasteiger partial charge in [-0.05, 0) is 142 Å². The number of unbranched alkanes of at least 4 members (excludes halogenated alkanes) is 12. The number of hydrogen-bond acceptors (Lipinski definition) is 0. The first-order chi connectivity index (χ1) is 37.5. The molecule has 2 heteroatoms. The average Bonchev–Trinajstić information content (AvgIpc) is 4.18. The maximum Gasteiger partial charge on any atom is 0.0541 e. The minimum Gasteiger partial charge on any atom is -0.309 e. The van der Waals surface area contributed by atoms with Crippen LogP contribution in [0.1, 0.15) is 178 Å². The third-order valence-corrected chi connectivity index (χ3v) is 18.5. The quantitative estimate of drug-likeness (QED) is 0.0565. The molecule has 386 valence electrons. The summed E-state index contributed by atoms with van der Waals surface area (Å²) < 4.78 is 5.09. The Hall–Kier alpha value is -6.64. The Bertz CT molecular complexity index is 3310. The molecule has 12 rings (SSSR count). The maximum absolute atomic E-state index is 2.70. The molecule has 0 aliphatic heterocycles. The summed E-state index contributed by atoms with van der Waals surface area (Å²) in [5.74, 6) is 0. The van der Waals surface area contributed by atoms with E-state index in [1.165, 1.54) is 217 Å². The van der Waals surface area contributed by atoms with Crippen LogP contribution in [-0.2, 0) is 10.8 Å². The van der Waals surface area contributed by atoms with E-state index in [1.54, 1.807) is 22.3 Å². The van der Waals surface area contributed by atoms with Crippen molar-refractivity contribution in [2.24, 2.45) is 0 Å². The largest absolute Gasteiger partial charge is 0.309 e. The van der Waals surface area contributed by atoms with Crippen LogP contribution in [0.3, 0.4) is 0 Å². The van der Waals surface area contributed by atoms with Crippen LogP contribution < -0.4 is 0 Å². The highest BCUT2D eigenvalue weighted by molar-refractivity contribution is 6.10. The lowest BCUT2D eigenvalue weighted by Gasteiger charge is -2.34. The first-order valence-corrected chi connectivity index (χ1v) is 30.1. The van der Waals surface area contributed by atoms with Crippen molar-refractivity contribution < 1.29 is 0 Å². The molecule has 2 heterocycles. The minimum absolute atomic E-state index is 0.0601. The SMILES string of the molecule is CCCCCCC1(CCCCCC)c2cc(-c3ccc4c(c3)C(CCCCCC)(CCCCCC)c3cc(-n5c6ccccc6c6ccccc65)ccc3-4)ccc2-c2ccc(-n3c4ccccc4c4ccccc43)cc21. The maximum atomic E-state index is 2.70. The Morgan fingerprint density at radius 2 is 0.553 bits per heavy atom. The van der Waals surface area contributed by atoms with Gasteiger partial charge in [0.25, 0.3) is 0 Å². The van der Waals surface area contributed by atoms with Gasteiger partial charge in [0.2, 0.25) is 0 Å². The van der Waals surface area contributed by atoms with Crippen LogP contribution in [-0.4, -0.2) is 9.13 Å². The van der Waals surface area contributed by atoms with Crippen molar-refractivity contribution >= 4 is 43.6 Å². The summed E-state index contributed by atoms with van der Waals surface area (Å²) >= 11 is 0. The van der Waals surface area contributed by atoms with E-state index in [4.69, 9.17) is 0 Å². The van der Waals surface area contributed by atoms with Crippen LogP contribution in [0.4, 0.5) is 0 Å². The first-order valence-electron chi connectivity index (χ1n) is 30.1. The predicted molar refractivity (Wildman–Crippen MR) is 328 cm³/mol. The molecule has 0 unspecified atom stereocenters. The van der Waals surface area contributed by atoms with Gasteiger partial charge in [0.05, 0.1) is 22.1 Å². The molecule has 0 saturated carbocycles. The van der Waals surface area contributed by atoms with Crippen molar-refractivity contribution in [1.29, 1.82) is 0 Å². The van der Waals surface area contributed by atoms with Crippen molar-refractivity contribution in [3.63, 3.8) is 0 Å². The zero-order valence-electron chi connectivity index (χ0n) is 46.2. The van der Waals surface area contributed by atoms with Crippen molar-refractivity contribution in [3.05, 3.63) is 192 Å². The van der Waals surface area contributed by atoms with Crippen LogP contribution >= 0.6 is 0 Å². The summed E-state index contributed by atoms with van der Waals surface area (Å²) in [7, 11) is 0. The lowest BCUT2D eigenvalue weighted by Crippen LogP contribution is -2.26. The number of benzene rings is 8. The Morgan fingerprint density at radius 3 is 0.855 bits per heavy atom. The molecule has 10 aromatic rings.